The number of H-pyrrole nitrogens is 1. The Kier molecular flexibility index (Phi) is 1.12. The zero-order chi connectivity index (χ0) is 13.8. The summed E-state index contributed by atoms with van der Waals surface area (Å²) in [5, 5.41) is 9.36. The Bertz CT molecular complexity index is 668. The third kappa shape index (κ3) is 0.540. The Morgan fingerprint density at radius 3 is 2.15 bits per heavy atom. The Morgan fingerprint density at radius 1 is 1.20 bits per heavy atom. The molecule has 1 aromatic rings. The van der Waals surface area contributed by atoms with E-state index in [0.29, 0.717) is 5.82 Å². The van der Waals surface area contributed by atoms with E-state index in [1.807, 2.05) is 0 Å². The van der Waals surface area contributed by atoms with Gasteiger partial charge in [0.1, 0.15) is 5.82 Å². The summed E-state index contributed by atoms with van der Waals surface area (Å²) in [5.41, 5.74) is -1.57. The first-order chi connectivity index (χ1) is 9.39. The molecule has 0 aliphatic heterocycles. The molecule has 7 heteroatoms. The predicted octanol–water partition coefficient (Wildman–Crippen LogP) is 1.50. The van der Waals surface area contributed by atoms with Crippen LogP contribution in [-0.2, 0) is 16.4 Å². The van der Waals surface area contributed by atoms with Crippen LogP contribution in [0.3, 0.4) is 0 Å². The molecule has 7 rings (SSSR count). The van der Waals surface area contributed by atoms with Crippen LogP contribution in [0.4, 0.5) is 13.2 Å². The molecule has 6 fully saturated rings. The molecular formula is C13H9F3N2O2. The lowest BCUT2D eigenvalue weighted by Crippen LogP contribution is -3.12. The topological polar surface area (TPSA) is 66.0 Å². The van der Waals surface area contributed by atoms with E-state index in [1.54, 1.807) is 0 Å². The van der Waals surface area contributed by atoms with E-state index in [4.69, 9.17) is 0 Å². The van der Waals surface area contributed by atoms with Gasteiger partial charge in [0.15, 0.2) is 5.69 Å². The largest absolute Gasteiger partial charge is 0.481 e. The number of nitrogens with zero attached hydrogens (tertiary/aromatic N) is 1. The van der Waals surface area contributed by atoms with Crippen molar-refractivity contribution in [1.29, 1.82) is 0 Å². The van der Waals surface area contributed by atoms with Crippen molar-refractivity contribution in [2.24, 2.45) is 40.9 Å². The maximum absolute atomic E-state index is 12.6. The number of carboxylic acid groups (broad SMARTS) is 1. The van der Waals surface area contributed by atoms with Crippen molar-refractivity contribution in [1.82, 2.24) is 9.97 Å². The second-order valence-corrected chi connectivity index (χ2v) is 6.96. The summed E-state index contributed by atoms with van der Waals surface area (Å²) >= 11 is 0. The number of hydrogen-bond donors (Lipinski definition) is 2. The van der Waals surface area contributed by atoms with E-state index in [0.717, 1.165) is 6.20 Å². The van der Waals surface area contributed by atoms with Crippen LogP contribution in [0, 0.1) is 40.9 Å². The predicted molar refractivity (Wildman–Crippen MR) is 56.3 cm³/mol. The molecular weight excluding hydrogens is 273 g/mol. The van der Waals surface area contributed by atoms with Crippen LogP contribution < -0.4 is 0 Å². The molecule has 20 heavy (non-hydrogen) atoms. The van der Waals surface area contributed by atoms with Crippen molar-refractivity contribution in [3.05, 3.63) is 17.7 Å². The van der Waals surface area contributed by atoms with Gasteiger partial charge in [0.05, 0.1) is 5.41 Å². The zero-order valence-corrected chi connectivity index (χ0v) is 9.98. The Balaban J connectivity index is 1.40. The molecule has 0 unspecified atom stereocenters. The van der Waals surface area contributed by atoms with Gasteiger partial charge in [-0.25, -0.2) is 4.98 Å². The van der Waals surface area contributed by atoms with Crippen LogP contribution in [0.2, 0.25) is 0 Å². The molecule has 0 aromatic carbocycles. The highest BCUT2D eigenvalue weighted by Gasteiger charge is 3.12. The van der Waals surface area contributed by atoms with Crippen molar-refractivity contribution < 1.29 is 23.1 Å². The number of carbonyl (C=O) groups is 1. The van der Waals surface area contributed by atoms with Crippen molar-refractivity contribution in [3.63, 3.8) is 0 Å². The highest BCUT2D eigenvalue weighted by molar-refractivity contribution is 5.88. The van der Waals surface area contributed by atoms with Crippen molar-refractivity contribution in [2.75, 3.05) is 0 Å². The fourth-order valence-corrected chi connectivity index (χ4v) is 7.12. The number of rotatable bonds is 2. The van der Waals surface area contributed by atoms with Crippen molar-refractivity contribution >= 4 is 5.97 Å². The number of imidazole rings is 1. The van der Waals surface area contributed by atoms with Crippen LogP contribution >= 0.6 is 0 Å². The lowest BCUT2D eigenvalue weighted by Gasteiger charge is -3.09. The Morgan fingerprint density at radius 2 is 1.75 bits per heavy atom. The lowest BCUT2D eigenvalue weighted by molar-refractivity contribution is -0.614. The molecule has 1 heterocycles. The first kappa shape index (κ1) is 10.2. The summed E-state index contributed by atoms with van der Waals surface area (Å²) in [4.78, 5) is 17.9. The molecule has 0 saturated heterocycles. The van der Waals surface area contributed by atoms with Gasteiger partial charge in [-0.2, -0.15) is 13.2 Å². The first-order valence-electron chi connectivity index (χ1n) is 6.75. The normalized spacial score (nSPS) is 58.5. The van der Waals surface area contributed by atoms with Gasteiger partial charge in [0, 0.05) is 11.6 Å². The molecule has 6 saturated carbocycles. The number of hydrogen-bond acceptors (Lipinski definition) is 2. The van der Waals surface area contributed by atoms with Gasteiger partial charge in [-0.05, 0) is 35.5 Å². The number of alkyl halides is 3. The molecule has 104 valence electrons. The number of aromatic nitrogens is 2. The smallest absolute Gasteiger partial charge is 0.434 e. The molecule has 0 atom stereocenters. The number of nitrogens with one attached hydrogen (secondary N) is 1. The van der Waals surface area contributed by atoms with E-state index in [-0.39, 0.29) is 40.9 Å². The van der Waals surface area contributed by atoms with Crippen molar-refractivity contribution in [2.45, 2.75) is 11.6 Å². The Labute approximate surface area is 110 Å². The molecule has 0 bridgehead atoms. The van der Waals surface area contributed by atoms with E-state index in [9.17, 15) is 23.1 Å². The van der Waals surface area contributed by atoms with Gasteiger partial charge in [-0.15, -0.1) is 0 Å². The van der Waals surface area contributed by atoms with Gasteiger partial charge < -0.3 is 10.1 Å². The molecule has 2 N–H and O–H groups in total. The van der Waals surface area contributed by atoms with Gasteiger partial charge in [-0.3, -0.25) is 4.79 Å². The van der Waals surface area contributed by atoms with Crippen molar-refractivity contribution in [3.8, 4) is 0 Å². The highest BCUT2D eigenvalue weighted by Crippen LogP contribution is 3.09. The molecule has 6 aliphatic carbocycles. The quantitative estimate of drug-likeness (QED) is 0.864. The van der Waals surface area contributed by atoms with Gasteiger partial charge in [0.25, 0.3) is 0 Å². The number of aliphatic carboxylic acids is 1. The monoisotopic (exact) mass is 282 g/mol. The van der Waals surface area contributed by atoms with Crippen LogP contribution in [0.25, 0.3) is 0 Å². The lowest BCUT2D eigenvalue weighted by atomic mass is 8.92. The van der Waals surface area contributed by atoms with E-state index in [1.165, 1.54) is 0 Å². The number of aromatic amines is 1. The highest BCUT2D eigenvalue weighted by atomic mass is 19.4. The molecule has 0 radical (unpaired) electrons. The average molecular weight is 282 g/mol. The number of carboxylic acids is 1. The third-order valence-electron chi connectivity index (χ3n) is 7.28. The van der Waals surface area contributed by atoms with Crippen LogP contribution in [0.5, 0.6) is 0 Å². The molecule has 6 aliphatic rings. The summed E-state index contributed by atoms with van der Waals surface area (Å²) in [6, 6.07) is 0. The minimum Gasteiger partial charge on any atom is -0.481 e. The summed E-state index contributed by atoms with van der Waals surface area (Å²) < 4.78 is 37.9. The molecule has 1 aromatic heterocycles. The van der Waals surface area contributed by atoms with Crippen LogP contribution in [-0.4, -0.2) is 21.0 Å². The standard InChI is InChI=1S/C13H9F3N2O2/c14-13(15,16)2-1-17-9(18-2)11-3-6-4(11)8-5(11)7(3)12(6,8)10(19)20/h1,3-8H,(H,17,18)(H,19,20). The SMILES string of the molecule is O=C(O)C12C3C4C1C1C2C3C41c1nc(C(F)(F)F)c[nH]1. The maximum atomic E-state index is 12.6. The summed E-state index contributed by atoms with van der Waals surface area (Å²) in [6.45, 7) is 0. The number of halogens is 3. The molecule has 0 amide bonds. The van der Waals surface area contributed by atoms with Gasteiger partial charge in [-0.1, -0.05) is 0 Å². The third-order valence-corrected chi connectivity index (χ3v) is 7.28. The van der Waals surface area contributed by atoms with E-state index in [2.05, 4.69) is 9.97 Å². The van der Waals surface area contributed by atoms with Crippen LogP contribution in [0.1, 0.15) is 11.5 Å². The zero-order valence-electron chi connectivity index (χ0n) is 9.98. The van der Waals surface area contributed by atoms with Gasteiger partial charge in [0.2, 0.25) is 0 Å². The minimum absolute atomic E-state index is 0.208. The van der Waals surface area contributed by atoms with Crippen LogP contribution in [0.15, 0.2) is 6.20 Å². The second-order valence-electron chi connectivity index (χ2n) is 6.96. The summed E-state index contributed by atoms with van der Waals surface area (Å²) in [5.74, 6) is 1.19. The minimum atomic E-state index is -4.42. The van der Waals surface area contributed by atoms with Gasteiger partial charge >= 0.3 is 12.1 Å². The fourth-order valence-electron chi connectivity index (χ4n) is 7.12. The Hall–Kier alpha value is -1.53. The maximum Gasteiger partial charge on any atom is 0.434 e. The average Bonchev–Trinajstić information content (AvgIpc) is 2.87. The first-order valence-corrected chi connectivity index (χ1v) is 6.75. The summed E-state index contributed by atoms with van der Waals surface area (Å²) in [6.07, 6.45) is -3.49. The molecule has 0 spiro atoms. The fraction of sp³-hybridized carbons (Fsp3) is 0.692. The second kappa shape index (κ2) is 2.19. The molecule has 4 nitrogen and oxygen atoms in total. The summed E-state index contributed by atoms with van der Waals surface area (Å²) in [7, 11) is 0. The van der Waals surface area contributed by atoms with E-state index < -0.39 is 23.3 Å². The van der Waals surface area contributed by atoms with E-state index >= 15 is 0 Å².